The van der Waals surface area contributed by atoms with Crippen molar-refractivity contribution in [1.82, 2.24) is 9.80 Å². The van der Waals surface area contributed by atoms with Crippen LogP contribution in [0.5, 0.6) is 0 Å². The highest BCUT2D eigenvalue weighted by Gasteiger charge is 2.18. The highest BCUT2D eigenvalue weighted by molar-refractivity contribution is 5.87. The zero-order chi connectivity index (χ0) is 10.4. The van der Waals surface area contributed by atoms with Crippen molar-refractivity contribution < 1.29 is 4.79 Å². The molecule has 1 saturated heterocycles. The van der Waals surface area contributed by atoms with E-state index in [1.54, 1.807) is 12.2 Å². The lowest BCUT2D eigenvalue weighted by molar-refractivity contribution is -0.127. The topological polar surface area (TPSA) is 23.6 Å². The van der Waals surface area contributed by atoms with Gasteiger partial charge in [-0.25, -0.2) is 0 Å². The molecule has 14 heavy (non-hydrogen) atoms. The molecule has 0 aromatic rings. The Bertz CT molecular complexity index is 257. The molecule has 76 valence electrons. The van der Waals surface area contributed by atoms with Gasteiger partial charge in [0.25, 0.3) is 0 Å². The van der Waals surface area contributed by atoms with Crippen molar-refractivity contribution in [3.05, 3.63) is 12.2 Å². The minimum atomic E-state index is 0.104. The number of piperazine rings is 1. The Morgan fingerprint density at radius 2 is 2.07 bits per heavy atom. The predicted molar refractivity (Wildman–Crippen MR) is 56.7 cm³/mol. The van der Waals surface area contributed by atoms with Crippen molar-refractivity contribution in [1.29, 1.82) is 0 Å². The highest BCUT2D eigenvalue weighted by Crippen LogP contribution is 2.01. The normalized spacial score (nSPS) is 18.4. The number of terminal acetylenes is 1. The summed E-state index contributed by atoms with van der Waals surface area (Å²) in [5.41, 5.74) is 0. The van der Waals surface area contributed by atoms with Gasteiger partial charge < -0.3 is 4.90 Å². The fraction of sp³-hybridized carbons (Fsp3) is 0.545. The zero-order valence-corrected chi connectivity index (χ0v) is 8.57. The third-order valence-electron chi connectivity index (χ3n) is 2.31. The first-order chi connectivity index (χ1) is 6.77. The second-order valence-corrected chi connectivity index (χ2v) is 3.31. The molecule has 0 atom stereocenters. The Labute approximate surface area is 85.4 Å². The number of rotatable bonds is 2. The lowest BCUT2D eigenvalue weighted by Gasteiger charge is -2.33. The third kappa shape index (κ3) is 2.90. The molecule has 0 aliphatic carbocycles. The molecule has 1 amide bonds. The number of nitrogens with zero attached hydrogens (tertiary/aromatic N) is 2. The molecule has 1 aliphatic rings. The van der Waals surface area contributed by atoms with Crippen LogP contribution >= 0.6 is 0 Å². The average Bonchev–Trinajstić information content (AvgIpc) is 2.20. The average molecular weight is 192 g/mol. The maximum Gasteiger partial charge on any atom is 0.246 e. The molecule has 1 rings (SSSR count). The van der Waals surface area contributed by atoms with Crippen LogP contribution in [0, 0.1) is 12.3 Å². The molecule has 3 heteroatoms. The smallest absolute Gasteiger partial charge is 0.246 e. The Balaban J connectivity index is 2.36. The standard InChI is InChI=1S/C11H16N2O/c1-3-5-11(14)13-9-7-12(6-4-2)8-10-13/h2-3,5H,6-10H2,1H3. The van der Waals surface area contributed by atoms with Crippen LogP contribution in [0.4, 0.5) is 0 Å². The lowest BCUT2D eigenvalue weighted by Crippen LogP contribution is -2.48. The van der Waals surface area contributed by atoms with Gasteiger partial charge in [0, 0.05) is 26.2 Å². The van der Waals surface area contributed by atoms with E-state index < -0.39 is 0 Å². The number of hydrogen-bond acceptors (Lipinski definition) is 2. The van der Waals surface area contributed by atoms with E-state index in [-0.39, 0.29) is 5.91 Å². The molecule has 0 aromatic heterocycles. The fourth-order valence-electron chi connectivity index (χ4n) is 1.50. The monoisotopic (exact) mass is 192 g/mol. The van der Waals surface area contributed by atoms with Gasteiger partial charge in [0.2, 0.25) is 5.91 Å². The first-order valence-electron chi connectivity index (χ1n) is 4.85. The summed E-state index contributed by atoms with van der Waals surface area (Å²) in [6, 6.07) is 0. The number of carbonyl (C=O) groups is 1. The minimum Gasteiger partial charge on any atom is -0.337 e. The maximum atomic E-state index is 11.4. The van der Waals surface area contributed by atoms with E-state index >= 15 is 0 Å². The summed E-state index contributed by atoms with van der Waals surface area (Å²) in [7, 11) is 0. The van der Waals surface area contributed by atoms with Gasteiger partial charge in [-0.15, -0.1) is 6.42 Å². The van der Waals surface area contributed by atoms with Crippen LogP contribution in [0.25, 0.3) is 0 Å². The summed E-state index contributed by atoms with van der Waals surface area (Å²) < 4.78 is 0. The van der Waals surface area contributed by atoms with Gasteiger partial charge in [-0.3, -0.25) is 9.69 Å². The summed E-state index contributed by atoms with van der Waals surface area (Å²) in [6.07, 6.45) is 8.60. The van der Waals surface area contributed by atoms with E-state index in [9.17, 15) is 4.79 Å². The summed E-state index contributed by atoms with van der Waals surface area (Å²) in [5, 5.41) is 0. The van der Waals surface area contributed by atoms with Crippen molar-refractivity contribution in [3.8, 4) is 12.3 Å². The molecule has 0 aromatic carbocycles. The Morgan fingerprint density at radius 1 is 1.43 bits per heavy atom. The van der Waals surface area contributed by atoms with Crippen LogP contribution < -0.4 is 0 Å². The molecule has 1 fully saturated rings. The first-order valence-corrected chi connectivity index (χ1v) is 4.85. The Kier molecular flexibility index (Phi) is 4.21. The number of amides is 1. The lowest BCUT2D eigenvalue weighted by atomic mass is 10.3. The van der Waals surface area contributed by atoms with Crippen LogP contribution in [0.15, 0.2) is 12.2 Å². The van der Waals surface area contributed by atoms with E-state index in [1.165, 1.54) is 0 Å². The number of hydrogen-bond donors (Lipinski definition) is 0. The van der Waals surface area contributed by atoms with Crippen LogP contribution in [-0.2, 0) is 4.79 Å². The van der Waals surface area contributed by atoms with Crippen LogP contribution in [-0.4, -0.2) is 48.4 Å². The molecular weight excluding hydrogens is 176 g/mol. The summed E-state index contributed by atoms with van der Waals surface area (Å²) in [6.45, 7) is 5.87. The summed E-state index contributed by atoms with van der Waals surface area (Å²) >= 11 is 0. The van der Waals surface area contributed by atoms with Crippen molar-refractivity contribution >= 4 is 5.91 Å². The van der Waals surface area contributed by atoms with Gasteiger partial charge in [0.15, 0.2) is 0 Å². The molecule has 0 N–H and O–H groups in total. The van der Waals surface area contributed by atoms with E-state index in [1.807, 2.05) is 11.8 Å². The van der Waals surface area contributed by atoms with Gasteiger partial charge in [0.1, 0.15) is 0 Å². The maximum absolute atomic E-state index is 11.4. The van der Waals surface area contributed by atoms with Gasteiger partial charge >= 0.3 is 0 Å². The molecular formula is C11H16N2O. The van der Waals surface area contributed by atoms with Crippen molar-refractivity contribution in [2.24, 2.45) is 0 Å². The molecule has 0 saturated carbocycles. The molecule has 1 aliphatic heterocycles. The van der Waals surface area contributed by atoms with Crippen LogP contribution in [0.2, 0.25) is 0 Å². The zero-order valence-electron chi connectivity index (χ0n) is 8.57. The SMILES string of the molecule is C#CCN1CCN(C(=O)C=CC)CC1. The van der Waals surface area contributed by atoms with E-state index in [2.05, 4.69) is 10.8 Å². The van der Waals surface area contributed by atoms with E-state index in [0.29, 0.717) is 6.54 Å². The largest absolute Gasteiger partial charge is 0.337 e. The van der Waals surface area contributed by atoms with E-state index in [4.69, 9.17) is 6.42 Å². The number of allylic oxidation sites excluding steroid dienone is 1. The molecule has 0 radical (unpaired) electrons. The molecule has 0 bridgehead atoms. The Hall–Kier alpha value is -1.27. The van der Waals surface area contributed by atoms with Gasteiger partial charge in [-0.05, 0) is 13.0 Å². The quantitative estimate of drug-likeness (QED) is 0.465. The van der Waals surface area contributed by atoms with Gasteiger partial charge in [0.05, 0.1) is 6.54 Å². The number of carbonyl (C=O) groups excluding carboxylic acids is 1. The van der Waals surface area contributed by atoms with Crippen molar-refractivity contribution in [3.63, 3.8) is 0 Å². The van der Waals surface area contributed by atoms with Crippen molar-refractivity contribution in [2.75, 3.05) is 32.7 Å². The first kappa shape index (κ1) is 10.8. The molecule has 0 spiro atoms. The third-order valence-corrected chi connectivity index (χ3v) is 2.31. The minimum absolute atomic E-state index is 0.104. The fourth-order valence-corrected chi connectivity index (χ4v) is 1.50. The van der Waals surface area contributed by atoms with E-state index in [0.717, 1.165) is 26.2 Å². The predicted octanol–water partition coefficient (Wildman–Crippen LogP) is 0.340. The van der Waals surface area contributed by atoms with Crippen molar-refractivity contribution in [2.45, 2.75) is 6.92 Å². The van der Waals surface area contributed by atoms with Gasteiger partial charge in [-0.1, -0.05) is 12.0 Å². The second-order valence-electron chi connectivity index (χ2n) is 3.31. The Morgan fingerprint density at radius 3 is 2.57 bits per heavy atom. The molecule has 1 heterocycles. The second kappa shape index (κ2) is 5.46. The molecule has 3 nitrogen and oxygen atoms in total. The van der Waals surface area contributed by atoms with Gasteiger partial charge in [-0.2, -0.15) is 0 Å². The van der Waals surface area contributed by atoms with Crippen LogP contribution in [0.3, 0.4) is 0 Å². The highest BCUT2D eigenvalue weighted by atomic mass is 16.2. The van der Waals surface area contributed by atoms with Crippen LogP contribution in [0.1, 0.15) is 6.92 Å². The molecule has 0 unspecified atom stereocenters. The summed E-state index contributed by atoms with van der Waals surface area (Å²) in [4.78, 5) is 15.5. The summed E-state index contributed by atoms with van der Waals surface area (Å²) in [5.74, 6) is 2.72.